The van der Waals surface area contributed by atoms with Gasteiger partial charge in [-0.1, -0.05) is 48.5 Å². The van der Waals surface area contributed by atoms with Crippen LogP contribution < -0.4 is 0 Å². The van der Waals surface area contributed by atoms with Crippen LogP contribution in [0.2, 0.25) is 0 Å². The second kappa shape index (κ2) is 7.23. The number of rotatable bonds is 6. The van der Waals surface area contributed by atoms with Crippen LogP contribution in [0, 0.1) is 0 Å². The number of hydrogen-bond acceptors (Lipinski definition) is 1. The van der Waals surface area contributed by atoms with Crippen molar-refractivity contribution < 1.29 is 44.6 Å². The Kier molecular flexibility index (Phi) is 5.75. The minimum atomic E-state index is -6.99. The summed E-state index contributed by atoms with van der Waals surface area (Å²) in [7, 11) is 0. The van der Waals surface area contributed by atoms with E-state index in [4.69, 9.17) is 0 Å². The maximum atomic E-state index is 13.9. The van der Waals surface area contributed by atoms with Crippen molar-refractivity contribution in [2.24, 2.45) is 0 Å². The van der Waals surface area contributed by atoms with Gasteiger partial charge in [-0.3, -0.25) is 0 Å². The van der Waals surface area contributed by atoms with Crippen LogP contribution in [-0.4, -0.2) is 29.1 Å². The van der Waals surface area contributed by atoms with Gasteiger partial charge in [0.05, 0.1) is 12.0 Å². The highest BCUT2D eigenvalue weighted by molar-refractivity contribution is 5.64. The fourth-order valence-electron chi connectivity index (χ4n) is 2.72. The Balaban J connectivity index is 2.39. The second-order valence-electron chi connectivity index (χ2n) is 6.75. The molecular formula is C19H15F9O. The Morgan fingerprint density at radius 2 is 1.21 bits per heavy atom. The van der Waals surface area contributed by atoms with Gasteiger partial charge in [0.15, 0.2) is 0 Å². The van der Waals surface area contributed by atoms with E-state index in [1.54, 1.807) is 30.3 Å². The zero-order valence-electron chi connectivity index (χ0n) is 14.8. The summed E-state index contributed by atoms with van der Waals surface area (Å²) in [5, 5.41) is 10.3. The highest BCUT2D eigenvalue weighted by Gasteiger charge is 2.81. The first-order valence-corrected chi connectivity index (χ1v) is 8.11. The molecule has 1 N–H and O–H groups in total. The number of halogens is 9. The molecule has 2 aromatic carbocycles. The molecule has 0 bridgehead atoms. The molecule has 160 valence electrons. The molecule has 1 unspecified atom stereocenters. The third kappa shape index (κ3) is 4.22. The van der Waals surface area contributed by atoms with E-state index in [-0.39, 0.29) is 5.56 Å². The molecule has 0 amide bonds. The van der Waals surface area contributed by atoms with Crippen molar-refractivity contribution in [3.8, 4) is 11.1 Å². The van der Waals surface area contributed by atoms with Crippen molar-refractivity contribution in [1.29, 1.82) is 0 Å². The average molecular weight is 430 g/mol. The average Bonchev–Trinajstić information content (AvgIpc) is 2.60. The third-order valence-corrected chi connectivity index (χ3v) is 4.37. The number of benzene rings is 2. The number of alkyl halides is 9. The molecule has 0 aliphatic rings. The second-order valence-corrected chi connectivity index (χ2v) is 6.75. The van der Waals surface area contributed by atoms with Gasteiger partial charge >= 0.3 is 23.9 Å². The van der Waals surface area contributed by atoms with Crippen LogP contribution in [0.15, 0.2) is 54.6 Å². The van der Waals surface area contributed by atoms with Crippen molar-refractivity contribution >= 4 is 0 Å². The smallest absolute Gasteiger partial charge is 0.385 e. The largest absolute Gasteiger partial charge is 0.460 e. The van der Waals surface area contributed by atoms with Crippen LogP contribution >= 0.6 is 0 Å². The molecule has 1 nitrogen and oxygen atoms in total. The standard InChI is InChI=1S/C19H15F9O/c1-15(29,11-16(20,21)17(22,23)18(24,25)19(26,27)28)14-9-5-8-13(10-14)12-6-3-2-4-7-12/h2-10,29H,11H2,1H3. The molecule has 0 aromatic heterocycles. The first-order chi connectivity index (χ1) is 13.0. The van der Waals surface area contributed by atoms with Gasteiger partial charge in [-0.2, -0.15) is 39.5 Å². The Labute approximate surface area is 159 Å². The molecule has 0 saturated heterocycles. The molecule has 2 aromatic rings. The van der Waals surface area contributed by atoms with Crippen LogP contribution in [-0.2, 0) is 5.60 Å². The molecule has 1 atom stereocenters. The molecule has 0 spiro atoms. The summed E-state index contributed by atoms with van der Waals surface area (Å²) in [5.41, 5.74) is -2.23. The predicted molar refractivity (Wildman–Crippen MR) is 87.0 cm³/mol. The van der Waals surface area contributed by atoms with E-state index in [1.165, 1.54) is 12.1 Å². The number of hydrogen-bond donors (Lipinski definition) is 1. The highest BCUT2D eigenvalue weighted by atomic mass is 19.4. The normalized spacial score (nSPS) is 15.8. The van der Waals surface area contributed by atoms with E-state index in [2.05, 4.69) is 0 Å². The first kappa shape index (κ1) is 23.1. The summed E-state index contributed by atoms with van der Waals surface area (Å²) in [6, 6.07) is 13.3. The van der Waals surface area contributed by atoms with Crippen LogP contribution in [0.3, 0.4) is 0 Å². The monoisotopic (exact) mass is 430 g/mol. The van der Waals surface area contributed by atoms with Gasteiger partial charge in [0.25, 0.3) is 0 Å². The van der Waals surface area contributed by atoms with Crippen molar-refractivity contribution in [2.75, 3.05) is 0 Å². The molecule has 29 heavy (non-hydrogen) atoms. The molecule has 0 aliphatic heterocycles. The van der Waals surface area contributed by atoms with Gasteiger partial charge in [-0.05, 0) is 29.7 Å². The summed E-state index contributed by atoms with van der Waals surface area (Å²) in [6.07, 6.45) is -9.27. The van der Waals surface area contributed by atoms with E-state index >= 15 is 0 Å². The van der Waals surface area contributed by atoms with Gasteiger partial charge in [0.2, 0.25) is 0 Å². The van der Waals surface area contributed by atoms with Crippen LogP contribution in [0.25, 0.3) is 11.1 Å². The lowest BCUT2D eigenvalue weighted by Gasteiger charge is -2.37. The minimum absolute atomic E-state index is 0.357. The van der Waals surface area contributed by atoms with E-state index in [9.17, 15) is 44.6 Å². The zero-order chi connectivity index (χ0) is 22.3. The Morgan fingerprint density at radius 3 is 1.72 bits per heavy atom. The van der Waals surface area contributed by atoms with Crippen LogP contribution in [0.4, 0.5) is 39.5 Å². The predicted octanol–water partition coefficient (Wildman–Crippen LogP) is 6.42. The molecule has 0 heterocycles. The van der Waals surface area contributed by atoms with E-state index in [1.807, 2.05) is 0 Å². The summed E-state index contributed by atoms with van der Waals surface area (Å²) >= 11 is 0. The van der Waals surface area contributed by atoms with Gasteiger partial charge < -0.3 is 5.11 Å². The Morgan fingerprint density at radius 1 is 0.690 bits per heavy atom. The molecule has 0 fully saturated rings. The van der Waals surface area contributed by atoms with Crippen LogP contribution in [0.1, 0.15) is 18.9 Å². The Hall–Kier alpha value is -2.23. The van der Waals surface area contributed by atoms with Crippen molar-refractivity contribution in [2.45, 2.75) is 42.9 Å². The molecule has 0 saturated carbocycles. The van der Waals surface area contributed by atoms with Crippen molar-refractivity contribution in [3.05, 3.63) is 60.2 Å². The summed E-state index contributed by atoms with van der Waals surface area (Å²) in [6.45, 7) is 0.632. The van der Waals surface area contributed by atoms with Gasteiger partial charge in [-0.25, -0.2) is 0 Å². The van der Waals surface area contributed by atoms with Gasteiger partial charge in [0, 0.05) is 0 Å². The lowest BCUT2D eigenvalue weighted by atomic mass is 9.85. The lowest BCUT2D eigenvalue weighted by Crippen LogP contribution is -2.62. The molecule has 0 aliphatic carbocycles. The van der Waals surface area contributed by atoms with Crippen molar-refractivity contribution in [3.63, 3.8) is 0 Å². The quantitative estimate of drug-likeness (QED) is 0.525. The van der Waals surface area contributed by atoms with Crippen molar-refractivity contribution in [1.82, 2.24) is 0 Å². The SMILES string of the molecule is CC(O)(CC(F)(F)C(F)(F)C(F)(F)C(F)(F)F)c1cccc(-c2ccccc2)c1. The first-order valence-electron chi connectivity index (χ1n) is 8.11. The number of aliphatic hydroxyl groups is 1. The zero-order valence-corrected chi connectivity index (χ0v) is 14.8. The fraction of sp³-hybridized carbons (Fsp3) is 0.368. The summed E-state index contributed by atoms with van der Waals surface area (Å²) in [4.78, 5) is 0. The lowest BCUT2D eigenvalue weighted by molar-refractivity contribution is -0.400. The van der Waals surface area contributed by atoms with Gasteiger partial charge in [-0.15, -0.1) is 0 Å². The maximum absolute atomic E-state index is 13.9. The summed E-state index contributed by atoms with van der Waals surface area (Å²) in [5.74, 6) is -19.6. The molecule has 0 radical (unpaired) electrons. The third-order valence-electron chi connectivity index (χ3n) is 4.37. The fourth-order valence-corrected chi connectivity index (χ4v) is 2.72. The molecule has 2 rings (SSSR count). The molecular weight excluding hydrogens is 415 g/mol. The minimum Gasteiger partial charge on any atom is -0.385 e. The van der Waals surface area contributed by atoms with Gasteiger partial charge in [0.1, 0.15) is 0 Å². The Bertz CT molecular complexity index is 842. The highest BCUT2D eigenvalue weighted by Crippen LogP contribution is 2.55. The van der Waals surface area contributed by atoms with E-state index in [0.29, 0.717) is 18.1 Å². The van der Waals surface area contributed by atoms with Crippen LogP contribution in [0.5, 0.6) is 0 Å². The maximum Gasteiger partial charge on any atom is 0.460 e. The topological polar surface area (TPSA) is 20.2 Å². The van der Waals surface area contributed by atoms with E-state index in [0.717, 1.165) is 12.1 Å². The summed E-state index contributed by atoms with van der Waals surface area (Å²) < 4.78 is 118. The molecule has 10 heteroatoms. The van der Waals surface area contributed by atoms with E-state index < -0.39 is 36.0 Å².